The molecular weight excluding hydrogens is 863 g/mol. The Morgan fingerprint density at radius 2 is 0.906 bits per heavy atom. The molecule has 0 aliphatic heterocycles. The van der Waals surface area contributed by atoms with Gasteiger partial charge in [0.2, 0.25) is 29.5 Å². The van der Waals surface area contributed by atoms with Crippen LogP contribution in [-0.4, -0.2) is 132 Å². The number of unbranched alkanes of at least 4 members (excludes halogenated alkanes) is 14. The Morgan fingerprint density at radius 3 is 1.45 bits per heavy atom. The highest BCUT2D eigenvalue weighted by molar-refractivity contribution is 8.00. The van der Waals surface area contributed by atoms with Gasteiger partial charge in [-0.3, -0.25) is 28.8 Å². The lowest BCUT2D eigenvalue weighted by Gasteiger charge is -2.19. The Balaban J connectivity index is 3.99. The second kappa shape index (κ2) is 42.5. The quantitative estimate of drug-likeness (QED) is 0.0329. The maximum atomic E-state index is 12.9. The minimum absolute atomic E-state index is 0.0551. The molecule has 0 heterocycles. The topological polar surface area (TPSA) is 239 Å². The van der Waals surface area contributed by atoms with Crippen LogP contribution in [0.5, 0.6) is 0 Å². The summed E-state index contributed by atoms with van der Waals surface area (Å²) in [5, 5.41) is 32.8. The number of carbonyl (C=O) groups is 7. The molecule has 0 aromatic heterocycles. The summed E-state index contributed by atoms with van der Waals surface area (Å²) in [6.45, 7) is 10.1. The summed E-state index contributed by atoms with van der Waals surface area (Å²) < 4.78 is 11.0. The summed E-state index contributed by atoms with van der Waals surface area (Å²) in [4.78, 5) is 84.2. The molecule has 0 aromatic rings. The van der Waals surface area contributed by atoms with Crippen LogP contribution in [0, 0.1) is 0 Å². The van der Waals surface area contributed by atoms with E-state index in [4.69, 9.17) is 14.6 Å². The van der Waals surface area contributed by atoms with Crippen LogP contribution in [0.3, 0.4) is 0 Å². The zero-order chi connectivity index (χ0) is 47.6. The van der Waals surface area contributed by atoms with Crippen molar-refractivity contribution in [2.45, 2.75) is 192 Å². The minimum Gasteiger partial charge on any atom is -0.481 e. The fraction of sp³-hybridized carbons (Fsp3) is 0.848. The van der Waals surface area contributed by atoms with Crippen molar-refractivity contribution >= 4 is 65.0 Å². The standard InChI is InChI=1S/C46H85N5O11S2/c1-36(2)63-34-42(54)48-28-21-23-38(50-43(55)35-64-37(3)4)45(58)49-29-31-62-33-32-61-30-26-40(52)47-27-20-19-22-39(46(59)60)51-41(53)24-17-15-13-11-9-7-5-6-8-10-12-14-16-18-25-44(56)57/h36-39H,5-35H2,1-4H3,(H,47,52)(H,48,54)(H,49,58)(H,50,55)(H,51,53)(H,56,57)(H,59,60)/t38-,39-/m0/s1. The van der Waals surface area contributed by atoms with Gasteiger partial charge in [0.1, 0.15) is 12.1 Å². The Hall–Kier alpha value is -3.09. The lowest BCUT2D eigenvalue weighted by molar-refractivity contribution is -0.142. The van der Waals surface area contributed by atoms with Crippen LogP contribution in [0.1, 0.15) is 169 Å². The summed E-state index contributed by atoms with van der Waals surface area (Å²) in [6, 6.07) is -1.68. The fourth-order valence-electron chi connectivity index (χ4n) is 6.43. The number of rotatable bonds is 45. The highest BCUT2D eigenvalue weighted by atomic mass is 32.2. The number of amides is 5. The average Bonchev–Trinajstić information content (AvgIpc) is 3.24. The molecule has 0 bridgehead atoms. The number of hydrogen-bond donors (Lipinski definition) is 7. The molecule has 0 aliphatic rings. The van der Waals surface area contributed by atoms with E-state index in [0.29, 0.717) is 56.2 Å². The highest BCUT2D eigenvalue weighted by Crippen LogP contribution is 2.14. The van der Waals surface area contributed by atoms with E-state index in [0.717, 1.165) is 44.9 Å². The Bertz CT molecular complexity index is 1280. The molecule has 5 amide bonds. The second-order valence-electron chi connectivity index (χ2n) is 16.7. The molecule has 0 fully saturated rings. The third-order valence-electron chi connectivity index (χ3n) is 10.0. The number of thioether (sulfide) groups is 2. The third-order valence-corrected chi connectivity index (χ3v) is 12.2. The lowest BCUT2D eigenvalue weighted by atomic mass is 10.0. The van der Waals surface area contributed by atoms with Gasteiger partial charge in [-0.2, -0.15) is 0 Å². The third kappa shape index (κ3) is 41.6. The zero-order valence-electron chi connectivity index (χ0n) is 39.6. The number of ether oxygens (including phenoxy) is 2. The van der Waals surface area contributed by atoms with Crippen molar-refractivity contribution in [3.8, 4) is 0 Å². The molecule has 0 aliphatic carbocycles. The van der Waals surface area contributed by atoms with E-state index in [1.54, 1.807) is 11.8 Å². The predicted octanol–water partition coefficient (Wildman–Crippen LogP) is 6.37. The molecule has 0 spiro atoms. The first-order valence-corrected chi connectivity index (χ1v) is 26.0. The molecule has 16 nitrogen and oxygen atoms in total. The molecule has 0 saturated heterocycles. The number of aliphatic carboxylic acids is 2. The number of carbonyl (C=O) groups excluding carboxylic acids is 5. The van der Waals surface area contributed by atoms with E-state index in [1.807, 2.05) is 27.7 Å². The van der Waals surface area contributed by atoms with Gasteiger partial charge in [-0.15, -0.1) is 23.5 Å². The molecule has 0 saturated carbocycles. The molecular formula is C46H85N5O11S2. The minimum atomic E-state index is -1.06. The van der Waals surface area contributed by atoms with Crippen molar-refractivity contribution in [2.75, 3.05) is 57.6 Å². The molecule has 0 rings (SSSR count). The van der Waals surface area contributed by atoms with Gasteiger partial charge in [0.25, 0.3) is 0 Å². The summed E-state index contributed by atoms with van der Waals surface area (Å²) in [5.74, 6) is -2.16. The van der Waals surface area contributed by atoms with Gasteiger partial charge in [0, 0.05) is 38.9 Å². The maximum Gasteiger partial charge on any atom is 0.326 e. The molecule has 0 unspecified atom stereocenters. The summed E-state index contributed by atoms with van der Waals surface area (Å²) in [5.41, 5.74) is 0. The van der Waals surface area contributed by atoms with E-state index in [1.165, 1.54) is 56.7 Å². The van der Waals surface area contributed by atoms with Crippen LogP contribution in [-0.2, 0) is 43.0 Å². The first kappa shape index (κ1) is 60.9. The molecule has 0 aromatic carbocycles. The molecule has 2 atom stereocenters. The SMILES string of the molecule is CC(C)SCC(=O)NCCC[C@H](NC(=O)CSC(C)C)C(=O)NCCOCCOCCC(=O)NCCCC[C@H](NC(=O)CCCCCCCCCCCCCCCCC(=O)O)C(=O)O. The predicted molar refractivity (Wildman–Crippen MR) is 257 cm³/mol. The number of carboxylic acids is 2. The van der Waals surface area contributed by atoms with Crippen LogP contribution in [0.25, 0.3) is 0 Å². The van der Waals surface area contributed by atoms with E-state index in [2.05, 4.69) is 26.6 Å². The van der Waals surface area contributed by atoms with Crippen molar-refractivity contribution < 1.29 is 53.2 Å². The molecule has 7 N–H and O–H groups in total. The van der Waals surface area contributed by atoms with E-state index in [9.17, 15) is 38.7 Å². The summed E-state index contributed by atoms with van der Waals surface area (Å²) >= 11 is 3.05. The van der Waals surface area contributed by atoms with Crippen molar-refractivity contribution in [2.24, 2.45) is 0 Å². The van der Waals surface area contributed by atoms with E-state index < -0.39 is 24.0 Å². The van der Waals surface area contributed by atoms with E-state index in [-0.39, 0.29) is 92.8 Å². The highest BCUT2D eigenvalue weighted by Gasteiger charge is 2.21. The molecule has 64 heavy (non-hydrogen) atoms. The van der Waals surface area contributed by atoms with Crippen LogP contribution in [0.2, 0.25) is 0 Å². The van der Waals surface area contributed by atoms with Crippen molar-refractivity contribution in [1.82, 2.24) is 26.6 Å². The van der Waals surface area contributed by atoms with Gasteiger partial charge in [0.15, 0.2) is 0 Å². The van der Waals surface area contributed by atoms with Crippen molar-refractivity contribution in [3.05, 3.63) is 0 Å². The largest absolute Gasteiger partial charge is 0.481 e. The van der Waals surface area contributed by atoms with Crippen molar-refractivity contribution in [3.63, 3.8) is 0 Å². The number of hydrogen-bond acceptors (Lipinski definition) is 11. The molecule has 372 valence electrons. The normalized spacial score (nSPS) is 12.2. The summed E-state index contributed by atoms with van der Waals surface area (Å²) in [7, 11) is 0. The van der Waals surface area contributed by atoms with Crippen LogP contribution in [0.4, 0.5) is 0 Å². The monoisotopic (exact) mass is 948 g/mol. The molecule has 18 heteroatoms. The van der Waals surface area contributed by atoms with Crippen LogP contribution >= 0.6 is 23.5 Å². The second-order valence-corrected chi connectivity index (χ2v) is 19.9. The van der Waals surface area contributed by atoms with Crippen LogP contribution in [0.15, 0.2) is 0 Å². The summed E-state index contributed by atoms with van der Waals surface area (Å²) in [6.07, 6.45) is 18.4. The van der Waals surface area contributed by atoms with Gasteiger partial charge in [-0.05, 0) is 55.4 Å². The van der Waals surface area contributed by atoms with Crippen molar-refractivity contribution in [1.29, 1.82) is 0 Å². The van der Waals surface area contributed by atoms with E-state index >= 15 is 0 Å². The van der Waals surface area contributed by atoms with Gasteiger partial charge in [-0.1, -0.05) is 105 Å². The number of nitrogens with one attached hydrogen (secondary N) is 5. The zero-order valence-corrected chi connectivity index (χ0v) is 41.2. The molecule has 0 radical (unpaired) electrons. The lowest BCUT2D eigenvalue weighted by Crippen LogP contribution is -2.48. The average molecular weight is 948 g/mol. The smallest absolute Gasteiger partial charge is 0.326 e. The Morgan fingerprint density at radius 1 is 0.438 bits per heavy atom. The first-order valence-electron chi connectivity index (χ1n) is 23.9. The van der Waals surface area contributed by atoms with Gasteiger partial charge in [0.05, 0.1) is 37.9 Å². The Kier molecular flexibility index (Phi) is 40.5. The van der Waals surface area contributed by atoms with Crippen LogP contribution < -0.4 is 26.6 Å². The Labute approximate surface area is 392 Å². The van der Waals surface area contributed by atoms with Gasteiger partial charge < -0.3 is 46.3 Å². The van der Waals surface area contributed by atoms with Gasteiger partial charge in [-0.25, -0.2) is 4.79 Å². The number of carboxylic acid groups (broad SMARTS) is 2. The van der Waals surface area contributed by atoms with Gasteiger partial charge >= 0.3 is 11.9 Å². The maximum absolute atomic E-state index is 12.9. The fourth-order valence-corrected chi connectivity index (χ4v) is 7.58. The first-order chi connectivity index (χ1) is 30.7.